The van der Waals surface area contributed by atoms with E-state index in [9.17, 15) is 13.2 Å². The molecule has 0 aromatic heterocycles. The highest BCUT2D eigenvalue weighted by Gasteiger charge is 2.09. The van der Waals surface area contributed by atoms with E-state index in [-0.39, 0.29) is 5.75 Å². The molecule has 0 saturated carbocycles. The number of benzene rings is 1. The average molecular weight is 204 g/mol. The number of ether oxygens (including phenoxy) is 1. The topological polar surface area (TPSA) is 9.23 Å². The molecule has 0 aliphatic rings. The summed E-state index contributed by atoms with van der Waals surface area (Å²) in [5.41, 5.74) is 0.606. The Morgan fingerprint density at radius 1 is 1.36 bits per heavy atom. The minimum absolute atomic E-state index is 0.0677. The molecule has 4 heteroatoms. The van der Waals surface area contributed by atoms with Gasteiger partial charge in [0, 0.05) is 6.07 Å². The SMILES string of the molecule is CCCc1ccc(F)cc1OC(F)F. The normalized spacial score (nSPS) is 10.6. The van der Waals surface area contributed by atoms with Crippen LogP contribution in [-0.4, -0.2) is 6.61 Å². The molecular formula is C10H11F3O. The van der Waals surface area contributed by atoms with E-state index in [1.807, 2.05) is 6.92 Å². The van der Waals surface area contributed by atoms with E-state index in [2.05, 4.69) is 4.74 Å². The Balaban J connectivity index is 2.90. The van der Waals surface area contributed by atoms with E-state index in [1.165, 1.54) is 12.1 Å². The van der Waals surface area contributed by atoms with Crippen LogP contribution in [0.4, 0.5) is 13.2 Å². The van der Waals surface area contributed by atoms with E-state index in [4.69, 9.17) is 0 Å². The van der Waals surface area contributed by atoms with Crippen molar-refractivity contribution in [2.75, 3.05) is 0 Å². The summed E-state index contributed by atoms with van der Waals surface area (Å²) in [6, 6.07) is 3.69. The number of hydrogen-bond acceptors (Lipinski definition) is 1. The molecule has 1 aromatic carbocycles. The Bertz CT molecular complexity index is 299. The van der Waals surface area contributed by atoms with E-state index < -0.39 is 12.4 Å². The largest absolute Gasteiger partial charge is 0.434 e. The van der Waals surface area contributed by atoms with Gasteiger partial charge in [-0.25, -0.2) is 4.39 Å². The summed E-state index contributed by atoms with van der Waals surface area (Å²) >= 11 is 0. The molecule has 0 saturated heterocycles. The molecule has 1 rings (SSSR count). The predicted molar refractivity (Wildman–Crippen MR) is 47.0 cm³/mol. The maximum atomic E-state index is 12.7. The molecule has 0 heterocycles. The van der Waals surface area contributed by atoms with Gasteiger partial charge < -0.3 is 4.74 Å². The van der Waals surface area contributed by atoms with Gasteiger partial charge in [0.15, 0.2) is 0 Å². The lowest BCUT2D eigenvalue weighted by Gasteiger charge is -2.09. The van der Waals surface area contributed by atoms with Crippen molar-refractivity contribution in [1.29, 1.82) is 0 Å². The Morgan fingerprint density at radius 2 is 2.07 bits per heavy atom. The summed E-state index contributed by atoms with van der Waals surface area (Å²) in [6.07, 6.45) is 1.40. The molecule has 0 unspecified atom stereocenters. The highest BCUT2D eigenvalue weighted by atomic mass is 19.3. The molecule has 0 fully saturated rings. The molecule has 0 radical (unpaired) electrons. The van der Waals surface area contributed by atoms with Crippen molar-refractivity contribution in [2.45, 2.75) is 26.4 Å². The minimum atomic E-state index is -2.91. The first kappa shape index (κ1) is 10.9. The third kappa shape index (κ3) is 2.94. The van der Waals surface area contributed by atoms with Crippen LogP contribution >= 0.6 is 0 Å². The molecule has 0 N–H and O–H groups in total. The van der Waals surface area contributed by atoms with E-state index in [0.717, 1.165) is 12.5 Å². The van der Waals surface area contributed by atoms with E-state index >= 15 is 0 Å². The molecule has 78 valence electrons. The molecule has 0 amide bonds. The predicted octanol–water partition coefficient (Wildman–Crippen LogP) is 3.38. The summed E-state index contributed by atoms with van der Waals surface area (Å²) in [5.74, 6) is -0.637. The van der Waals surface area contributed by atoms with Gasteiger partial charge in [-0.3, -0.25) is 0 Å². The van der Waals surface area contributed by atoms with Gasteiger partial charge in [0.2, 0.25) is 0 Å². The van der Waals surface area contributed by atoms with Crippen molar-refractivity contribution in [3.63, 3.8) is 0 Å². The van der Waals surface area contributed by atoms with Gasteiger partial charge in [0.1, 0.15) is 11.6 Å². The standard InChI is InChI=1S/C10H11F3O/c1-2-3-7-4-5-8(11)6-9(7)14-10(12)13/h4-6,10H,2-3H2,1H3. The van der Waals surface area contributed by atoms with Crippen molar-refractivity contribution in [3.8, 4) is 5.75 Å². The van der Waals surface area contributed by atoms with Crippen LogP contribution in [0.5, 0.6) is 5.75 Å². The molecule has 0 atom stereocenters. The molecule has 0 bridgehead atoms. The van der Waals surface area contributed by atoms with Gasteiger partial charge in [-0.05, 0) is 18.1 Å². The summed E-state index contributed by atoms with van der Waals surface area (Å²) in [6.45, 7) is -0.998. The van der Waals surface area contributed by atoms with Crippen molar-refractivity contribution in [1.82, 2.24) is 0 Å². The van der Waals surface area contributed by atoms with Gasteiger partial charge >= 0.3 is 6.61 Å². The van der Waals surface area contributed by atoms with Crippen LogP contribution in [0.3, 0.4) is 0 Å². The lowest BCUT2D eigenvalue weighted by atomic mass is 10.1. The Morgan fingerprint density at radius 3 is 2.64 bits per heavy atom. The number of halogens is 3. The molecule has 1 nitrogen and oxygen atoms in total. The van der Waals surface area contributed by atoms with Gasteiger partial charge in [0.25, 0.3) is 0 Å². The van der Waals surface area contributed by atoms with Crippen molar-refractivity contribution < 1.29 is 17.9 Å². The van der Waals surface area contributed by atoms with Crippen LogP contribution in [0.15, 0.2) is 18.2 Å². The van der Waals surface area contributed by atoms with Crippen molar-refractivity contribution in [2.24, 2.45) is 0 Å². The third-order valence-corrected chi connectivity index (χ3v) is 1.76. The zero-order chi connectivity index (χ0) is 10.6. The zero-order valence-electron chi connectivity index (χ0n) is 7.77. The lowest BCUT2D eigenvalue weighted by molar-refractivity contribution is -0.0506. The van der Waals surface area contributed by atoms with Crippen LogP contribution in [-0.2, 0) is 6.42 Å². The smallest absolute Gasteiger partial charge is 0.387 e. The first-order valence-corrected chi connectivity index (χ1v) is 4.36. The van der Waals surface area contributed by atoms with Gasteiger partial charge in [-0.2, -0.15) is 8.78 Å². The summed E-state index contributed by atoms with van der Waals surface area (Å²) in [5, 5.41) is 0. The maximum absolute atomic E-state index is 12.7. The molecule has 0 aliphatic carbocycles. The number of rotatable bonds is 4. The minimum Gasteiger partial charge on any atom is -0.434 e. The van der Waals surface area contributed by atoms with Crippen LogP contribution in [0.25, 0.3) is 0 Å². The second-order valence-electron chi connectivity index (χ2n) is 2.88. The van der Waals surface area contributed by atoms with Crippen molar-refractivity contribution >= 4 is 0 Å². The first-order chi connectivity index (χ1) is 6.63. The van der Waals surface area contributed by atoms with Gasteiger partial charge in [0.05, 0.1) is 0 Å². The molecule has 1 aromatic rings. The molecular weight excluding hydrogens is 193 g/mol. The third-order valence-electron chi connectivity index (χ3n) is 1.76. The van der Waals surface area contributed by atoms with E-state index in [1.54, 1.807) is 0 Å². The highest BCUT2D eigenvalue weighted by molar-refractivity contribution is 5.34. The lowest BCUT2D eigenvalue weighted by Crippen LogP contribution is -2.04. The number of alkyl halides is 2. The monoisotopic (exact) mass is 204 g/mol. The van der Waals surface area contributed by atoms with Crippen molar-refractivity contribution in [3.05, 3.63) is 29.6 Å². The van der Waals surface area contributed by atoms with Crippen LogP contribution in [0, 0.1) is 5.82 Å². The second-order valence-corrected chi connectivity index (χ2v) is 2.88. The highest BCUT2D eigenvalue weighted by Crippen LogP contribution is 2.23. The maximum Gasteiger partial charge on any atom is 0.387 e. The fourth-order valence-corrected chi connectivity index (χ4v) is 1.21. The van der Waals surface area contributed by atoms with Crippen LogP contribution < -0.4 is 4.74 Å². The Kier molecular flexibility index (Phi) is 3.80. The Labute approximate surface area is 80.5 Å². The number of aryl methyl sites for hydroxylation is 1. The first-order valence-electron chi connectivity index (χ1n) is 4.36. The fraction of sp³-hybridized carbons (Fsp3) is 0.400. The van der Waals surface area contributed by atoms with Gasteiger partial charge in [-0.15, -0.1) is 0 Å². The quantitative estimate of drug-likeness (QED) is 0.730. The number of hydrogen-bond donors (Lipinski definition) is 0. The van der Waals surface area contributed by atoms with Crippen LogP contribution in [0.1, 0.15) is 18.9 Å². The summed E-state index contributed by atoms with van der Waals surface area (Å²) < 4.78 is 40.8. The Hall–Kier alpha value is -1.19. The van der Waals surface area contributed by atoms with Crippen LogP contribution in [0.2, 0.25) is 0 Å². The molecule has 0 aliphatic heterocycles. The molecule has 0 spiro atoms. The second kappa shape index (κ2) is 4.88. The fourth-order valence-electron chi connectivity index (χ4n) is 1.21. The van der Waals surface area contributed by atoms with Gasteiger partial charge in [-0.1, -0.05) is 19.4 Å². The zero-order valence-corrected chi connectivity index (χ0v) is 7.77. The average Bonchev–Trinajstić information content (AvgIpc) is 2.09. The van der Waals surface area contributed by atoms with E-state index in [0.29, 0.717) is 12.0 Å². The summed E-state index contributed by atoms with van der Waals surface area (Å²) in [7, 11) is 0. The molecule has 14 heavy (non-hydrogen) atoms. The summed E-state index contributed by atoms with van der Waals surface area (Å²) in [4.78, 5) is 0.